The molecule has 4 nitrogen and oxygen atoms in total. The third kappa shape index (κ3) is 2.89. The van der Waals surface area contributed by atoms with Crippen molar-refractivity contribution in [3.05, 3.63) is 41.2 Å². The van der Waals surface area contributed by atoms with Gasteiger partial charge >= 0.3 is 0 Å². The first kappa shape index (κ1) is 14.0. The highest BCUT2D eigenvalue weighted by atomic mass is 15.3. The molecule has 0 saturated carbocycles. The Morgan fingerprint density at radius 2 is 1.76 bits per heavy atom. The van der Waals surface area contributed by atoms with E-state index in [1.165, 1.54) is 48.6 Å². The Labute approximate surface area is 126 Å². The Kier molecular flexibility index (Phi) is 3.86. The molecule has 0 amide bonds. The molecule has 0 atom stereocenters. The number of benzene rings is 1. The summed E-state index contributed by atoms with van der Waals surface area (Å²) >= 11 is 0. The summed E-state index contributed by atoms with van der Waals surface area (Å²) in [6.45, 7) is 7.41. The van der Waals surface area contributed by atoms with Crippen molar-refractivity contribution >= 4 is 11.4 Å². The monoisotopic (exact) mass is 284 g/mol. The molecule has 0 radical (unpaired) electrons. The zero-order valence-corrected chi connectivity index (χ0v) is 13.2. The van der Waals surface area contributed by atoms with E-state index in [1.54, 1.807) is 0 Å². The minimum Gasteiger partial charge on any atom is -0.381 e. The summed E-state index contributed by atoms with van der Waals surface area (Å²) in [5.41, 5.74) is 6.14. The van der Waals surface area contributed by atoms with Crippen LogP contribution < -0.4 is 10.2 Å². The average Bonchev–Trinajstić information content (AvgIpc) is 3.09. The molecule has 0 unspecified atom stereocenters. The Hall–Kier alpha value is -1.97. The summed E-state index contributed by atoms with van der Waals surface area (Å²) in [7, 11) is 2.00. The molecule has 1 aliphatic rings. The topological polar surface area (TPSA) is 33.1 Å². The molecule has 0 aliphatic carbocycles. The first-order valence-corrected chi connectivity index (χ1v) is 7.73. The molecule has 4 heteroatoms. The third-order valence-corrected chi connectivity index (χ3v) is 4.47. The predicted molar refractivity (Wildman–Crippen MR) is 87.9 cm³/mol. The fourth-order valence-electron chi connectivity index (χ4n) is 3.03. The smallest absolute Gasteiger partial charge is 0.0646 e. The molecule has 0 spiro atoms. The van der Waals surface area contributed by atoms with Gasteiger partial charge in [-0.15, -0.1) is 0 Å². The lowest BCUT2D eigenvalue weighted by Gasteiger charge is -2.18. The van der Waals surface area contributed by atoms with Gasteiger partial charge in [0, 0.05) is 49.3 Å². The molecule has 1 saturated heterocycles. The van der Waals surface area contributed by atoms with Crippen molar-refractivity contribution in [3.63, 3.8) is 0 Å². The summed E-state index contributed by atoms with van der Waals surface area (Å²) in [6.07, 6.45) is 2.64. The van der Waals surface area contributed by atoms with E-state index in [0.29, 0.717) is 0 Å². The fourth-order valence-corrected chi connectivity index (χ4v) is 3.03. The van der Waals surface area contributed by atoms with E-state index in [-0.39, 0.29) is 0 Å². The van der Waals surface area contributed by atoms with E-state index in [0.717, 1.165) is 12.2 Å². The minimum absolute atomic E-state index is 0.828. The van der Waals surface area contributed by atoms with Gasteiger partial charge in [0.15, 0.2) is 0 Å². The number of rotatable bonds is 4. The van der Waals surface area contributed by atoms with Crippen LogP contribution in [0.5, 0.6) is 0 Å². The van der Waals surface area contributed by atoms with E-state index in [4.69, 9.17) is 0 Å². The highest BCUT2D eigenvalue weighted by Gasteiger charge is 2.12. The zero-order valence-electron chi connectivity index (χ0n) is 13.2. The van der Waals surface area contributed by atoms with Crippen molar-refractivity contribution in [2.24, 2.45) is 7.05 Å². The summed E-state index contributed by atoms with van der Waals surface area (Å²) in [6, 6.07) is 8.79. The molecule has 3 rings (SSSR count). The van der Waals surface area contributed by atoms with Gasteiger partial charge < -0.3 is 10.2 Å². The predicted octanol–water partition coefficient (Wildman–Crippen LogP) is 3.25. The minimum atomic E-state index is 0.828. The van der Waals surface area contributed by atoms with Gasteiger partial charge in [0.2, 0.25) is 0 Å². The van der Waals surface area contributed by atoms with Crippen LogP contribution in [0, 0.1) is 13.8 Å². The second-order valence-corrected chi connectivity index (χ2v) is 5.87. The fraction of sp³-hybridized carbons (Fsp3) is 0.471. The Morgan fingerprint density at radius 1 is 1.10 bits per heavy atom. The van der Waals surface area contributed by atoms with Crippen LogP contribution in [-0.4, -0.2) is 22.9 Å². The highest BCUT2D eigenvalue weighted by molar-refractivity contribution is 5.55. The molecule has 1 fully saturated rings. The van der Waals surface area contributed by atoms with Gasteiger partial charge in [-0.25, -0.2) is 0 Å². The lowest BCUT2D eigenvalue weighted by molar-refractivity contribution is 0.730. The number of nitrogens with zero attached hydrogens (tertiary/aromatic N) is 3. The molecule has 21 heavy (non-hydrogen) atoms. The summed E-state index contributed by atoms with van der Waals surface area (Å²) in [5.74, 6) is 0. The van der Waals surface area contributed by atoms with Crippen LogP contribution in [0.4, 0.5) is 11.4 Å². The Morgan fingerprint density at radius 3 is 2.33 bits per heavy atom. The third-order valence-electron chi connectivity index (χ3n) is 4.47. The van der Waals surface area contributed by atoms with Crippen LogP contribution >= 0.6 is 0 Å². The molecule has 112 valence electrons. The lowest BCUT2D eigenvalue weighted by Crippen LogP contribution is -2.17. The van der Waals surface area contributed by atoms with Crippen molar-refractivity contribution < 1.29 is 0 Å². The maximum atomic E-state index is 4.46. The standard InChI is InChI=1S/C17H24N4/c1-13-17(14(2)20(3)19-13)12-18-15-6-8-16(9-7-15)21-10-4-5-11-21/h6-9,18H,4-5,10-12H2,1-3H3. The Bertz CT molecular complexity index is 606. The van der Waals surface area contributed by atoms with Crippen LogP contribution in [0.2, 0.25) is 0 Å². The van der Waals surface area contributed by atoms with E-state index in [2.05, 4.69) is 53.4 Å². The van der Waals surface area contributed by atoms with Crippen LogP contribution in [0.3, 0.4) is 0 Å². The normalized spacial score (nSPS) is 14.7. The van der Waals surface area contributed by atoms with Gasteiger partial charge in [0.05, 0.1) is 5.69 Å². The number of hydrogen-bond acceptors (Lipinski definition) is 3. The molecule has 0 bridgehead atoms. The largest absolute Gasteiger partial charge is 0.381 e. The van der Waals surface area contributed by atoms with Crippen LogP contribution in [0.15, 0.2) is 24.3 Å². The second kappa shape index (κ2) is 5.80. The first-order chi connectivity index (χ1) is 10.1. The maximum Gasteiger partial charge on any atom is 0.0646 e. The molecule has 2 heterocycles. The van der Waals surface area contributed by atoms with E-state index in [9.17, 15) is 0 Å². The first-order valence-electron chi connectivity index (χ1n) is 7.73. The maximum absolute atomic E-state index is 4.46. The molecule has 2 aromatic rings. The van der Waals surface area contributed by atoms with Crippen molar-refractivity contribution in [2.45, 2.75) is 33.2 Å². The number of aryl methyl sites for hydroxylation is 2. The van der Waals surface area contributed by atoms with Gasteiger partial charge in [-0.3, -0.25) is 4.68 Å². The van der Waals surface area contributed by atoms with Gasteiger partial charge in [-0.2, -0.15) is 5.10 Å². The van der Waals surface area contributed by atoms with E-state index in [1.807, 2.05) is 11.7 Å². The molecular formula is C17H24N4. The van der Waals surface area contributed by atoms with Crippen LogP contribution in [0.25, 0.3) is 0 Å². The van der Waals surface area contributed by atoms with E-state index < -0.39 is 0 Å². The number of nitrogens with one attached hydrogen (secondary N) is 1. The van der Waals surface area contributed by atoms with Crippen LogP contribution in [0.1, 0.15) is 29.8 Å². The average molecular weight is 284 g/mol. The summed E-state index contributed by atoms with van der Waals surface area (Å²) < 4.78 is 1.95. The van der Waals surface area contributed by atoms with E-state index >= 15 is 0 Å². The van der Waals surface area contributed by atoms with Gasteiger partial charge in [-0.05, 0) is 51.0 Å². The number of aromatic nitrogens is 2. The quantitative estimate of drug-likeness (QED) is 0.935. The van der Waals surface area contributed by atoms with Crippen molar-refractivity contribution in [1.29, 1.82) is 0 Å². The van der Waals surface area contributed by atoms with Gasteiger partial charge in [-0.1, -0.05) is 0 Å². The van der Waals surface area contributed by atoms with Crippen LogP contribution in [-0.2, 0) is 13.6 Å². The van der Waals surface area contributed by atoms with Crippen molar-refractivity contribution in [3.8, 4) is 0 Å². The molecule has 1 N–H and O–H groups in total. The number of hydrogen-bond donors (Lipinski definition) is 1. The highest BCUT2D eigenvalue weighted by Crippen LogP contribution is 2.22. The summed E-state index contributed by atoms with van der Waals surface area (Å²) in [5, 5.41) is 7.96. The van der Waals surface area contributed by atoms with Crippen molar-refractivity contribution in [2.75, 3.05) is 23.3 Å². The van der Waals surface area contributed by atoms with Gasteiger partial charge in [0.1, 0.15) is 0 Å². The molecule has 1 aromatic carbocycles. The molecule has 1 aromatic heterocycles. The van der Waals surface area contributed by atoms with Crippen molar-refractivity contribution in [1.82, 2.24) is 9.78 Å². The Balaban J connectivity index is 1.65. The van der Waals surface area contributed by atoms with Gasteiger partial charge in [0.25, 0.3) is 0 Å². The zero-order chi connectivity index (χ0) is 14.8. The molecular weight excluding hydrogens is 260 g/mol. The SMILES string of the molecule is Cc1nn(C)c(C)c1CNc1ccc(N2CCCC2)cc1. The summed E-state index contributed by atoms with van der Waals surface area (Å²) in [4.78, 5) is 2.46. The molecule has 1 aliphatic heterocycles. The lowest BCUT2D eigenvalue weighted by atomic mass is 10.2. The number of anilines is 2. The second-order valence-electron chi connectivity index (χ2n) is 5.87.